The van der Waals surface area contributed by atoms with Crippen molar-refractivity contribution in [1.29, 1.82) is 0 Å². The number of ether oxygens (including phenoxy) is 1. The summed E-state index contributed by atoms with van der Waals surface area (Å²) < 4.78 is 5.18. The van der Waals surface area contributed by atoms with Gasteiger partial charge in [-0.15, -0.1) is 0 Å². The molecule has 0 saturated heterocycles. The first-order valence-electron chi connectivity index (χ1n) is 8.43. The van der Waals surface area contributed by atoms with E-state index in [1.165, 1.54) is 6.42 Å². The molecule has 0 bridgehead atoms. The van der Waals surface area contributed by atoms with Crippen molar-refractivity contribution in [3.63, 3.8) is 0 Å². The molecular weight excluding hydrogens is 290 g/mol. The minimum atomic E-state index is -0.439. The Hall–Kier alpha value is -1.84. The largest absolute Gasteiger partial charge is 0.452 e. The highest BCUT2D eigenvalue weighted by Crippen LogP contribution is 2.29. The number of benzene rings is 1. The van der Waals surface area contributed by atoms with E-state index < -0.39 is 5.97 Å². The summed E-state index contributed by atoms with van der Waals surface area (Å²) in [7, 11) is 0. The summed E-state index contributed by atoms with van der Waals surface area (Å²) in [6, 6.07) is 5.69. The first-order chi connectivity index (χ1) is 10.9. The number of aryl methyl sites for hydroxylation is 1. The molecule has 0 unspecified atom stereocenters. The normalized spacial score (nSPS) is 24.1. The van der Waals surface area contributed by atoms with Gasteiger partial charge in [-0.25, -0.2) is 4.79 Å². The molecule has 1 aliphatic carbocycles. The molecule has 1 fully saturated rings. The quantitative estimate of drug-likeness (QED) is 0.866. The van der Waals surface area contributed by atoms with Crippen molar-refractivity contribution in [2.45, 2.75) is 53.0 Å². The molecule has 126 valence electrons. The van der Waals surface area contributed by atoms with E-state index in [0.29, 0.717) is 17.4 Å². The lowest BCUT2D eigenvalue weighted by atomic mass is 9.78. The predicted molar refractivity (Wildman–Crippen MR) is 90.3 cm³/mol. The highest BCUT2D eigenvalue weighted by atomic mass is 16.5. The van der Waals surface area contributed by atoms with E-state index in [1.54, 1.807) is 6.07 Å². The molecule has 2 rings (SSSR count). The molecule has 0 aliphatic heterocycles. The van der Waals surface area contributed by atoms with Crippen molar-refractivity contribution in [2.75, 3.05) is 6.61 Å². The molecule has 1 amide bonds. The van der Waals surface area contributed by atoms with Gasteiger partial charge in [0.05, 0.1) is 5.56 Å². The lowest BCUT2D eigenvalue weighted by molar-refractivity contribution is -0.125. The molecule has 1 N–H and O–H groups in total. The van der Waals surface area contributed by atoms with Crippen LogP contribution in [0.15, 0.2) is 18.2 Å². The summed E-state index contributed by atoms with van der Waals surface area (Å²) in [6.45, 7) is 8.02. The summed E-state index contributed by atoms with van der Waals surface area (Å²) in [4.78, 5) is 24.2. The van der Waals surface area contributed by atoms with Gasteiger partial charge in [0, 0.05) is 6.04 Å². The number of carbonyl (C=O) groups excluding carboxylic acids is 2. The Morgan fingerprint density at radius 1 is 1.22 bits per heavy atom. The fraction of sp³-hybridized carbons (Fsp3) is 0.579. The zero-order valence-corrected chi connectivity index (χ0v) is 14.5. The fourth-order valence-corrected chi connectivity index (χ4v) is 3.22. The van der Waals surface area contributed by atoms with Gasteiger partial charge >= 0.3 is 5.97 Å². The van der Waals surface area contributed by atoms with Crippen LogP contribution in [0.4, 0.5) is 0 Å². The highest BCUT2D eigenvalue weighted by Gasteiger charge is 2.28. The van der Waals surface area contributed by atoms with Crippen molar-refractivity contribution in [1.82, 2.24) is 5.32 Å². The van der Waals surface area contributed by atoms with Crippen LogP contribution in [-0.2, 0) is 9.53 Å². The summed E-state index contributed by atoms with van der Waals surface area (Å²) in [5.74, 6) is 0.426. The molecule has 1 saturated carbocycles. The average molecular weight is 317 g/mol. The van der Waals surface area contributed by atoms with Crippen molar-refractivity contribution in [2.24, 2.45) is 11.8 Å². The maximum absolute atomic E-state index is 12.1. The molecule has 4 heteroatoms. The first kappa shape index (κ1) is 17.5. The lowest BCUT2D eigenvalue weighted by Gasteiger charge is -2.34. The van der Waals surface area contributed by atoms with Crippen LogP contribution >= 0.6 is 0 Å². The van der Waals surface area contributed by atoms with Gasteiger partial charge in [-0.05, 0) is 49.3 Å². The third kappa shape index (κ3) is 4.34. The summed E-state index contributed by atoms with van der Waals surface area (Å²) >= 11 is 0. The Balaban J connectivity index is 1.86. The second-order valence-electron chi connectivity index (χ2n) is 6.76. The molecular formula is C19H27NO3. The van der Waals surface area contributed by atoms with Gasteiger partial charge in [-0.2, -0.15) is 0 Å². The molecule has 0 heterocycles. The van der Waals surface area contributed by atoms with Gasteiger partial charge in [0.2, 0.25) is 0 Å². The van der Waals surface area contributed by atoms with Crippen LogP contribution in [0.3, 0.4) is 0 Å². The van der Waals surface area contributed by atoms with Crippen LogP contribution in [0.2, 0.25) is 0 Å². The van der Waals surface area contributed by atoms with E-state index in [0.717, 1.165) is 24.0 Å². The Labute approximate surface area is 138 Å². The van der Waals surface area contributed by atoms with E-state index in [1.807, 2.05) is 26.0 Å². The SMILES string of the molecule is Cc1cccc(C(=O)OCC(=O)N[C@@H]2CCC[C@@H](C)[C@@H]2C)c1C. The number of esters is 1. The van der Waals surface area contributed by atoms with Gasteiger partial charge in [-0.1, -0.05) is 38.8 Å². The number of rotatable bonds is 4. The van der Waals surface area contributed by atoms with Gasteiger partial charge < -0.3 is 10.1 Å². The minimum Gasteiger partial charge on any atom is -0.452 e. The smallest absolute Gasteiger partial charge is 0.338 e. The van der Waals surface area contributed by atoms with Gasteiger partial charge in [-0.3, -0.25) is 4.79 Å². The van der Waals surface area contributed by atoms with Crippen molar-refractivity contribution in [3.05, 3.63) is 34.9 Å². The number of hydrogen-bond acceptors (Lipinski definition) is 3. The molecule has 0 radical (unpaired) electrons. The van der Waals surface area contributed by atoms with Crippen molar-refractivity contribution >= 4 is 11.9 Å². The lowest BCUT2D eigenvalue weighted by Crippen LogP contribution is -2.45. The Morgan fingerprint density at radius 3 is 2.70 bits per heavy atom. The van der Waals surface area contributed by atoms with E-state index in [2.05, 4.69) is 19.2 Å². The predicted octanol–water partition coefficient (Wildman–Crippen LogP) is 3.40. The molecule has 23 heavy (non-hydrogen) atoms. The monoisotopic (exact) mass is 317 g/mol. The summed E-state index contributed by atoms with van der Waals surface area (Å²) in [5.41, 5.74) is 2.46. The molecule has 0 aromatic heterocycles. The summed E-state index contributed by atoms with van der Waals surface area (Å²) in [5, 5.41) is 3.02. The van der Waals surface area contributed by atoms with Gasteiger partial charge in [0.15, 0.2) is 6.61 Å². The second-order valence-corrected chi connectivity index (χ2v) is 6.76. The Morgan fingerprint density at radius 2 is 1.96 bits per heavy atom. The number of amides is 1. The molecule has 1 aromatic rings. The van der Waals surface area contributed by atoms with E-state index >= 15 is 0 Å². The topological polar surface area (TPSA) is 55.4 Å². The third-order valence-corrected chi connectivity index (χ3v) is 5.21. The van der Waals surface area contributed by atoms with Crippen LogP contribution in [0, 0.1) is 25.7 Å². The zero-order valence-electron chi connectivity index (χ0n) is 14.5. The first-order valence-corrected chi connectivity index (χ1v) is 8.43. The maximum Gasteiger partial charge on any atom is 0.338 e. The number of nitrogens with one attached hydrogen (secondary N) is 1. The summed E-state index contributed by atoms with van der Waals surface area (Å²) in [6.07, 6.45) is 3.36. The Kier molecular flexibility index (Phi) is 5.80. The third-order valence-electron chi connectivity index (χ3n) is 5.21. The highest BCUT2D eigenvalue weighted by molar-refractivity contribution is 5.93. The standard InChI is InChI=1S/C19H27NO3/c1-12-7-5-9-16(14(12)3)19(22)23-11-18(21)20-17-10-6-8-13(2)15(17)4/h5,7,9,13,15,17H,6,8,10-11H2,1-4H3,(H,20,21)/t13-,15+,17-/m1/s1. The van der Waals surface area contributed by atoms with Gasteiger partial charge in [0.1, 0.15) is 0 Å². The number of hydrogen-bond donors (Lipinski definition) is 1. The van der Waals surface area contributed by atoms with Crippen LogP contribution < -0.4 is 5.32 Å². The molecule has 4 nitrogen and oxygen atoms in total. The van der Waals surface area contributed by atoms with E-state index in [9.17, 15) is 9.59 Å². The molecule has 1 aliphatic rings. The van der Waals surface area contributed by atoms with E-state index in [4.69, 9.17) is 4.74 Å². The van der Waals surface area contributed by atoms with Crippen LogP contribution in [0.5, 0.6) is 0 Å². The van der Waals surface area contributed by atoms with Crippen molar-refractivity contribution in [3.8, 4) is 0 Å². The zero-order chi connectivity index (χ0) is 17.0. The van der Waals surface area contributed by atoms with Crippen LogP contribution in [-0.4, -0.2) is 24.5 Å². The average Bonchev–Trinajstić information content (AvgIpc) is 2.52. The second kappa shape index (κ2) is 7.62. The number of carbonyl (C=O) groups is 2. The molecule has 1 aromatic carbocycles. The van der Waals surface area contributed by atoms with E-state index in [-0.39, 0.29) is 18.6 Å². The van der Waals surface area contributed by atoms with Crippen LogP contribution in [0.1, 0.15) is 54.6 Å². The maximum atomic E-state index is 12.1. The molecule has 3 atom stereocenters. The Bertz CT molecular complexity index is 582. The van der Waals surface area contributed by atoms with Crippen LogP contribution in [0.25, 0.3) is 0 Å². The molecule has 0 spiro atoms. The van der Waals surface area contributed by atoms with Gasteiger partial charge in [0.25, 0.3) is 5.91 Å². The fourth-order valence-electron chi connectivity index (χ4n) is 3.22. The minimum absolute atomic E-state index is 0.186. The van der Waals surface area contributed by atoms with Crippen molar-refractivity contribution < 1.29 is 14.3 Å².